The molecule has 0 fully saturated rings. The van der Waals surface area contributed by atoms with Crippen LogP contribution in [0.15, 0.2) is 42.5 Å². The molecule has 2 rings (SSSR count). The first-order valence-electron chi connectivity index (χ1n) is 6.95. The minimum Gasteiger partial charge on any atom is -0.207 e. The van der Waals surface area contributed by atoms with Gasteiger partial charge in [0.05, 0.1) is 0 Å². The fourth-order valence-corrected chi connectivity index (χ4v) is 4.49. The molecule has 0 atom stereocenters. The van der Waals surface area contributed by atoms with Gasteiger partial charge in [0.25, 0.3) is 0 Å². The number of hydrogen-bond donors (Lipinski definition) is 0. The molecule has 112 valence electrons. The molecule has 0 amide bonds. The van der Waals surface area contributed by atoms with E-state index in [9.17, 15) is 4.39 Å². The molecule has 0 aliphatic carbocycles. The van der Waals surface area contributed by atoms with Gasteiger partial charge >= 0.3 is 0 Å². The van der Waals surface area contributed by atoms with Crippen LogP contribution < -0.4 is 0 Å². The maximum atomic E-state index is 14.3. The van der Waals surface area contributed by atoms with Crippen LogP contribution in [-0.4, -0.2) is 10.7 Å². The van der Waals surface area contributed by atoms with Gasteiger partial charge in [-0.3, -0.25) is 0 Å². The average molecular weight is 414 g/mol. The van der Waals surface area contributed by atoms with Gasteiger partial charge in [-0.25, -0.2) is 4.39 Å². The molecular weight excluding hydrogens is 395 g/mol. The lowest BCUT2D eigenvalue weighted by molar-refractivity contribution is 0.501. The second-order valence-electron chi connectivity index (χ2n) is 5.62. The van der Waals surface area contributed by atoms with Crippen LogP contribution in [0.2, 0.25) is 0 Å². The Bertz CT molecular complexity index is 618. The predicted octanol–water partition coefficient (Wildman–Crippen LogP) is 5.71. The van der Waals surface area contributed by atoms with E-state index in [1.165, 1.54) is 22.8 Å². The fourth-order valence-electron chi connectivity index (χ4n) is 2.56. The molecule has 0 saturated carbocycles. The number of hydrogen-bond acceptors (Lipinski definition) is 0. The summed E-state index contributed by atoms with van der Waals surface area (Å²) in [5, 5.41) is 1.41. The maximum absolute atomic E-state index is 14.3. The van der Waals surface area contributed by atoms with Crippen molar-refractivity contribution in [3.05, 3.63) is 70.5 Å². The molecule has 0 nitrogen and oxygen atoms in total. The first-order chi connectivity index (χ1) is 10.0. The Morgan fingerprint density at radius 1 is 0.952 bits per heavy atom. The average Bonchev–Trinajstić information content (AvgIpc) is 2.49. The second kappa shape index (κ2) is 7.06. The van der Waals surface area contributed by atoms with E-state index < -0.39 is 0 Å². The summed E-state index contributed by atoms with van der Waals surface area (Å²) in [5.41, 5.74) is 4.27. The van der Waals surface area contributed by atoms with Crippen LogP contribution in [0.1, 0.15) is 22.3 Å². The molecule has 0 aliphatic rings. The summed E-state index contributed by atoms with van der Waals surface area (Å²) in [7, 11) is 0. The van der Waals surface area contributed by atoms with E-state index >= 15 is 0 Å². The van der Waals surface area contributed by atoms with E-state index in [0.29, 0.717) is 10.7 Å². The molecule has 3 heteroatoms. The van der Waals surface area contributed by atoms with Gasteiger partial charge < -0.3 is 0 Å². The lowest BCUT2D eigenvalue weighted by atomic mass is 9.78. The molecule has 2 aromatic carbocycles. The first kappa shape index (κ1) is 16.7. The lowest BCUT2D eigenvalue weighted by Gasteiger charge is -2.31. The summed E-state index contributed by atoms with van der Waals surface area (Å²) in [6.45, 7) is 4.23. The van der Waals surface area contributed by atoms with Gasteiger partial charge in [0, 0.05) is 16.1 Å². The van der Waals surface area contributed by atoms with Crippen LogP contribution in [0.4, 0.5) is 4.39 Å². The van der Waals surface area contributed by atoms with E-state index in [0.717, 1.165) is 12.0 Å². The van der Waals surface area contributed by atoms with E-state index in [1.54, 1.807) is 6.07 Å². The summed E-state index contributed by atoms with van der Waals surface area (Å²) >= 11 is 7.20. The van der Waals surface area contributed by atoms with E-state index in [1.807, 2.05) is 12.1 Å². The van der Waals surface area contributed by atoms with Gasteiger partial charge in [0.2, 0.25) is 0 Å². The van der Waals surface area contributed by atoms with Gasteiger partial charge in [0.1, 0.15) is 5.82 Å². The van der Waals surface area contributed by atoms with Crippen LogP contribution >= 0.6 is 31.9 Å². The van der Waals surface area contributed by atoms with Gasteiger partial charge in [-0.15, -0.1) is 0 Å². The Kier molecular flexibility index (Phi) is 5.61. The molecule has 0 aliphatic heterocycles. The largest absolute Gasteiger partial charge is 0.207 e. The Balaban J connectivity index is 2.43. The number of benzene rings is 2. The van der Waals surface area contributed by atoms with Gasteiger partial charge in [-0.2, -0.15) is 0 Å². The molecule has 0 unspecified atom stereocenters. The smallest absolute Gasteiger partial charge is 0.127 e. The Morgan fingerprint density at radius 3 is 2.19 bits per heavy atom. The second-order valence-corrected chi connectivity index (χ2v) is 6.74. The zero-order chi connectivity index (χ0) is 15.5. The van der Waals surface area contributed by atoms with E-state index in [4.69, 9.17) is 0 Å². The van der Waals surface area contributed by atoms with Gasteiger partial charge in [-0.05, 0) is 48.6 Å². The molecule has 0 spiro atoms. The van der Waals surface area contributed by atoms with Crippen molar-refractivity contribution in [3.8, 4) is 0 Å². The number of alkyl halides is 2. The van der Waals surface area contributed by atoms with Crippen molar-refractivity contribution >= 4 is 31.9 Å². The number of aryl methyl sites for hydroxylation is 2. The fraction of sp³-hybridized carbons (Fsp3) is 0.333. The summed E-state index contributed by atoms with van der Waals surface area (Å²) < 4.78 is 14.3. The van der Waals surface area contributed by atoms with Gasteiger partial charge in [0.15, 0.2) is 0 Å². The van der Waals surface area contributed by atoms with Gasteiger partial charge in [-0.1, -0.05) is 68.3 Å². The summed E-state index contributed by atoms with van der Waals surface area (Å²) in [5.74, 6) is -0.139. The van der Waals surface area contributed by atoms with Crippen LogP contribution in [-0.2, 0) is 11.8 Å². The monoisotopic (exact) mass is 412 g/mol. The zero-order valence-electron chi connectivity index (χ0n) is 12.3. The van der Waals surface area contributed by atoms with Crippen LogP contribution in [0.3, 0.4) is 0 Å². The minimum atomic E-state index is -0.285. The third kappa shape index (κ3) is 3.57. The van der Waals surface area contributed by atoms with Crippen molar-refractivity contribution in [1.29, 1.82) is 0 Å². The third-order valence-corrected chi connectivity index (χ3v) is 6.22. The van der Waals surface area contributed by atoms with E-state index in [-0.39, 0.29) is 11.2 Å². The normalized spacial score (nSPS) is 11.7. The topological polar surface area (TPSA) is 0 Å². The van der Waals surface area contributed by atoms with Crippen molar-refractivity contribution in [2.24, 2.45) is 0 Å². The molecule has 0 saturated heterocycles. The van der Waals surface area contributed by atoms with Crippen molar-refractivity contribution < 1.29 is 4.39 Å². The summed E-state index contributed by atoms with van der Waals surface area (Å²) in [6, 6.07) is 13.5. The molecule has 0 heterocycles. The highest BCUT2D eigenvalue weighted by Crippen LogP contribution is 2.34. The molecule has 2 aromatic rings. The molecule has 0 radical (unpaired) electrons. The zero-order valence-corrected chi connectivity index (χ0v) is 15.5. The molecule has 21 heavy (non-hydrogen) atoms. The lowest BCUT2D eigenvalue weighted by Crippen LogP contribution is -2.34. The predicted molar refractivity (Wildman–Crippen MR) is 95.3 cm³/mol. The van der Waals surface area contributed by atoms with Crippen LogP contribution in [0.25, 0.3) is 0 Å². The Labute approximate surface area is 143 Å². The van der Waals surface area contributed by atoms with Crippen LogP contribution in [0.5, 0.6) is 0 Å². The first-order valence-corrected chi connectivity index (χ1v) is 9.20. The quantitative estimate of drug-likeness (QED) is 0.550. The summed E-state index contributed by atoms with van der Waals surface area (Å²) in [4.78, 5) is 0. The van der Waals surface area contributed by atoms with Crippen molar-refractivity contribution in [2.45, 2.75) is 25.7 Å². The standard InChI is InChI=1S/C18H19Br2F/c1-13-7-8-15(9-14(13)2)10-18(11-19,12-20)16-5-3-4-6-17(16)21/h3-9H,10-12H2,1-2H3. The van der Waals surface area contributed by atoms with Crippen molar-refractivity contribution in [2.75, 3.05) is 10.7 Å². The highest BCUT2D eigenvalue weighted by atomic mass is 79.9. The van der Waals surface area contributed by atoms with Crippen molar-refractivity contribution in [1.82, 2.24) is 0 Å². The Hall–Kier alpha value is -0.670. The van der Waals surface area contributed by atoms with Crippen LogP contribution in [0, 0.1) is 19.7 Å². The highest BCUT2D eigenvalue weighted by Gasteiger charge is 2.33. The SMILES string of the molecule is Cc1ccc(CC(CBr)(CBr)c2ccccc2F)cc1C. The number of halogens is 3. The maximum Gasteiger partial charge on any atom is 0.127 e. The highest BCUT2D eigenvalue weighted by molar-refractivity contribution is 9.09. The summed E-state index contributed by atoms with van der Waals surface area (Å²) in [6.07, 6.45) is 0.797. The van der Waals surface area contributed by atoms with E-state index in [2.05, 4.69) is 63.9 Å². The minimum absolute atomic E-state index is 0.139. The molecular formula is C18H19Br2F. The third-order valence-electron chi connectivity index (χ3n) is 4.07. The van der Waals surface area contributed by atoms with Crippen molar-refractivity contribution in [3.63, 3.8) is 0 Å². The molecule has 0 bridgehead atoms. The number of rotatable bonds is 5. The molecule has 0 N–H and O–H groups in total. The molecule has 0 aromatic heterocycles. The Morgan fingerprint density at radius 2 is 1.62 bits per heavy atom.